The summed E-state index contributed by atoms with van der Waals surface area (Å²) in [5.41, 5.74) is 10.5. The van der Waals surface area contributed by atoms with Crippen molar-refractivity contribution in [3.8, 4) is 0 Å². The predicted molar refractivity (Wildman–Crippen MR) is 47.2 cm³/mol. The van der Waals surface area contributed by atoms with E-state index in [0.717, 1.165) is 6.26 Å². The number of nitrogens with two attached hydrogens (primary N) is 2. The lowest BCUT2D eigenvalue weighted by molar-refractivity contribution is 0.599. The number of sulfone groups is 1. The average molecular weight is 203 g/mol. The Hall–Kier alpha value is -1.44. The fourth-order valence-corrected chi connectivity index (χ4v) is 1.35. The fourth-order valence-electron chi connectivity index (χ4n) is 0.756. The molecule has 8 heteroatoms. The zero-order valence-electron chi connectivity index (χ0n) is 6.93. The van der Waals surface area contributed by atoms with Crippen LogP contribution in [0.4, 0.5) is 11.9 Å². The molecule has 0 saturated carbocycles. The van der Waals surface area contributed by atoms with Gasteiger partial charge in [0.15, 0.2) is 15.7 Å². The molecule has 4 N–H and O–H groups in total. The van der Waals surface area contributed by atoms with Gasteiger partial charge in [-0.3, -0.25) is 0 Å². The summed E-state index contributed by atoms with van der Waals surface area (Å²) in [6.07, 6.45) is 1.07. The molecule has 0 spiro atoms. The molecule has 0 saturated heterocycles. The van der Waals surface area contributed by atoms with Gasteiger partial charge in [0.2, 0.25) is 11.9 Å². The van der Waals surface area contributed by atoms with Gasteiger partial charge >= 0.3 is 0 Å². The molecule has 0 aliphatic carbocycles. The van der Waals surface area contributed by atoms with E-state index in [1.54, 1.807) is 0 Å². The minimum Gasteiger partial charge on any atom is -0.368 e. The molecule has 0 aromatic carbocycles. The quantitative estimate of drug-likeness (QED) is 0.604. The number of rotatable bonds is 2. The summed E-state index contributed by atoms with van der Waals surface area (Å²) in [4.78, 5) is 10.7. The van der Waals surface area contributed by atoms with Crippen molar-refractivity contribution in [2.24, 2.45) is 0 Å². The summed E-state index contributed by atoms with van der Waals surface area (Å²) in [5, 5.41) is 0. The SMILES string of the molecule is CS(=O)(=O)Cc1nc(N)nc(N)n1. The van der Waals surface area contributed by atoms with E-state index < -0.39 is 9.84 Å². The van der Waals surface area contributed by atoms with Crippen molar-refractivity contribution in [1.82, 2.24) is 15.0 Å². The van der Waals surface area contributed by atoms with Crippen molar-refractivity contribution in [2.75, 3.05) is 17.7 Å². The van der Waals surface area contributed by atoms with Crippen molar-refractivity contribution in [3.05, 3.63) is 5.82 Å². The van der Waals surface area contributed by atoms with Crippen LogP contribution >= 0.6 is 0 Å². The minimum atomic E-state index is -3.17. The number of hydrogen-bond donors (Lipinski definition) is 2. The summed E-state index contributed by atoms with van der Waals surface area (Å²) in [6.45, 7) is 0. The van der Waals surface area contributed by atoms with Gasteiger partial charge in [0.25, 0.3) is 0 Å². The van der Waals surface area contributed by atoms with Crippen LogP contribution in [0.15, 0.2) is 0 Å². The van der Waals surface area contributed by atoms with Crippen LogP contribution in [0, 0.1) is 0 Å². The lowest BCUT2D eigenvalue weighted by Gasteiger charge is -1.99. The average Bonchev–Trinajstić information content (AvgIpc) is 1.78. The second kappa shape index (κ2) is 3.13. The van der Waals surface area contributed by atoms with Gasteiger partial charge in [-0.2, -0.15) is 15.0 Å². The van der Waals surface area contributed by atoms with E-state index in [1.165, 1.54) is 0 Å². The number of anilines is 2. The Morgan fingerprint density at radius 2 is 1.62 bits per heavy atom. The van der Waals surface area contributed by atoms with Crippen molar-refractivity contribution in [3.63, 3.8) is 0 Å². The number of nitrogen functional groups attached to an aromatic ring is 2. The zero-order chi connectivity index (χ0) is 10.1. The molecule has 0 radical (unpaired) electrons. The maximum Gasteiger partial charge on any atom is 0.225 e. The fraction of sp³-hybridized carbons (Fsp3) is 0.400. The van der Waals surface area contributed by atoms with E-state index in [2.05, 4.69) is 15.0 Å². The molecule has 0 unspecified atom stereocenters. The topological polar surface area (TPSA) is 125 Å². The van der Waals surface area contributed by atoms with Crippen LogP contribution in [0.3, 0.4) is 0 Å². The molecular formula is C5H9N5O2S. The molecule has 0 aliphatic rings. The summed E-state index contributed by atoms with van der Waals surface area (Å²) in [6, 6.07) is 0. The van der Waals surface area contributed by atoms with Gasteiger partial charge in [-0.15, -0.1) is 0 Å². The van der Waals surface area contributed by atoms with Gasteiger partial charge in [-0.1, -0.05) is 0 Å². The highest BCUT2D eigenvalue weighted by Gasteiger charge is 2.08. The van der Waals surface area contributed by atoms with Gasteiger partial charge in [0, 0.05) is 6.26 Å². The van der Waals surface area contributed by atoms with E-state index in [-0.39, 0.29) is 23.5 Å². The van der Waals surface area contributed by atoms with E-state index in [1.807, 2.05) is 0 Å². The molecule has 1 aromatic rings. The highest BCUT2D eigenvalue weighted by atomic mass is 32.2. The molecule has 1 heterocycles. The smallest absolute Gasteiger partial charge is 0.225 e. The lowest BCUT2D eigenvalue weighted by atomic mass is 10.7. The molecule has 0 amide bonds. The van der Waals surface area contributed by atoms with E-state index in [9.17, 15) is 8.42 Å². The van der Waals surface area contributed by atoms with Gasteiger partial charge in [-0.25, -0.2) is 8.42 Å². The largest absolute Gasteiger partial charge is 0.368 e. The molecule has 13 heavy (non-hydrogen) atoms. The normalized spacial score (nSPS) is 11.5. The third-order valence-corrected chi connectivity index (χ3v) is 1.89. The molecule has 0 bridgehead atoms. The Labute approximate surface area is 75.1 Å². The van der Waals surface area contributed by atoms with Gasteiger partial charge < -0.3 is 11.5 Å². The highest BCUT2D eigenvalue weighted by Crippen LogP contribution is 2.02. The first-order valence-corrected chi connectivity index (χ1v) is 5.36. The van der Waals surface area contributed by atoms with Crippen LogP contribution in [0.25, 0.3) is 0 Å². The second-order valence-corrected chi connectivity index (χ2v) is 4.68. The molecule has 72 valence electrons. The Balaban J connectivity index is 3.03. The van der Waals surface area contributed by atoms with Crippen LogP contribution in [-0.4, -0.2) is 29.6 Å². The van der Waals surface area contributed by atoms with Crippen LogP contribution in [0.1, 0.15) is 5.82 Å². The van der Waals surface area contributed by atoms with E-state index in [0.29, 0.717) is 0 Å². The summed E-state index contributed by atoms with van der Waals surface area (Å²) in [7, 11) is -3.17. The summed E-state index contributed by atoms with van der Waals surface area (Å²) in [5.74, 6) is -0.381. The molecular weight excluding hydrogens is 194 g/mol. The molecule has 1 rings (SSSR count). The summed E-state index contributed by atoms with van der Waals surface area (Å²) >= 11 is 0. The number of aromatic nitrogens is 3. The first-order chi connectivity index (χ1) is 5.87. The van der Waals surface area contributed by atoms with E-state index in [4.69, 9.17) is 11.5 Å². The standard InChI is InChI=1S/C5H9N5O2S/c1-13(11,12)2-3-8-4(6)10-5(7)9-3/h2H2,1H3,(H4,6,7,8,9,10). The Kier molecular flexibility index (Phi) is 2.32. The molecule has 0 aliphatic heterocycles. The maximum atomic E-state index is 10.8. The van der Waals surface area contributed by atoms with Gasteiger partial charge in [0.05, 0.1) is 0 Å². The first kappa shape index (κ1) is 9.65. The third-order valence-electron chi connectivity index (χ3n) is 1.11. The Bertz CT molecular complexity index is 395. The molecule has 0 fully saturated rings. The second-order valence-electron chi connectivity index (χ2n) is 2.54. The van der Waals surface area contributed by atoms with E-state index >= 15 is 0 Å². The lowest BCUT2D eigenvalue weighted by Crippen LogP contribution is -2.10. The van der Waals surface area contributed by atoms with Gasteiger partial charge in [0.1, 0.15) is 5.75 Å². The zero-order valence-corrected chi connectivity index (χ0v) is 7.74. The Morgan fingerprint density at radius 1 is 1.15 bits per heavy atom. The van der Waals surface area contributed by atoms with Gasteiger partial charge in [-0.05, 0) is 0 Å². The van der Waals surface area contributed by atoms with Crippen LogP contribution in [0.2, 0.25) is 0 Å². The molecule has 0 atom stereocenters. The highest BCUT2D eigenvalue weighted by molar-refractivity contribution is 7.89. The number of hydrogen-bond acceptors (Lipinski definition) is 7. The monoisotopic (exact) mass is 203 g/mol. The van der Waals surface area contributed by atoms with Crippen molar-refractivity contribution >= 4 is 21.7 Å². The third kappa shape index (κ3) is 3.20. The van der Waals surface area contributed by atoms with Crippen molar-refractivity contribution < 1.29 is 8.42 Å². The molecule has 7 nitrogen and oxygen atoms in total. The first-order valence-electron chi connectivity index (χ1n) is 3.30. The van der Waals surface area contributed by atoms with Crippen LogP contribution < -0.4 is 11.5 Å². The Morgan fingerprint density at radius 3 is 2.00 bits per heavy atom. The van der Waals surface area contributed by atoms with Crippen LogP contribution in [-0.2, 0) is 15.6 Å². The summed E-state index contributed by atoms with van der Waals surface area (Å²) < 4.78 is 21.7. The van der Waals surface area contributed by atoms with Crippen LogP contribution in [0.5, 0.6) is 0 Å². The molecule has 1 aromatic heterocycles. The predicted octanol–water partition coefficient (Wildman–Crippen LogP) is -1.42. The maximum absolute atomic E-state index is 10.8. The van der Waals surface area contributed by atoms with Crippen molar-refractivity contribution in [1.29, 1.82) is 0 Å². The van der Waals surface area contributed by atoms with Crippen molar-refractivity contribution in [2.45, 2.75) is 5.75 Å². The minimum absolute atomic E-state index is 0.0625. The number of nitrogens with zero attached hydrogens (tertiary/aromatic N) is 3.